The van der Waals surface area contributed by atoms with Gasteiger partial charge in [0.05, 0.1) is 13.7 Å². The van der Waals surface area contributed by atoms with Crippen molar-refractivity contribution in [3.05, 3.63) is 71.5 Å². The monoisotopic (exact) mass is 452 g/mol. The first-order valence-electron chi connectivity index (χ1n) is 11.0. The van der Waals surface area contributed by atoms with Gasteiger partial charge in [-0.3, -0.25) is 4.79 Å². The highest BCUT2D eigenvalue weighted by atomic mass is 32.2. The molecule has 0 unspecified atom stereocenters. The van der Waals surface area contributed by atoms with Gasteiger partial charge in [-0.05, 0) is 36.0 Å². The Morgan fingerprint density at radius 2 is 1.81 bits per heavy atom. The highest BCUT2D eigenvalue weighted by Gasteiger charge is 2.15. The number of hydrogen-bond acceptors (Lipinski definition) is 5. The minimum atomic E-state index is -0.00622. The number of benzene rings is 2. The summed E-state index contributed by atoms with van der Waals surface area (Å²) in [5, 5.41) is 12.7. The zero-order chi connectivity index (χ0) is 22.8. The number of rotatable bonds is 12. The van der Waals surface area contributed by atoms with Gasteiger partial charge in [-0.15, -0.1) is 10.2 Å². The van der Waals surface area contributed by atoms with Crippen LogP contribution in [0.5, 0.6) is 5.75 Å². The number of thioether (sulfide) groups is 1. The van der Waals surface area contributed by atoms with E-state index in [1.54, 1.807) is 18.9 Å². The summed E-state index contributed by atoms with van der Waals surface area (Å²) in [6.07, 6.45) is 2.02. The van der Waals surface area contributed by atoms with Crippen LogP contribution in [0.15, 0.2) is 59.8 Å². The molecule has 0 spiro atoms. The maximum atomic E-state index is 12.4. The molecule has 3 aromatic rings. The predicted octanol–water partition coefficient (Wildman–Crippen LogP) is 4.53. The lowest BCUT2D eigenvalue weighted by Gasteiger charge is -2.13. The topological polar surface area (TPSA) is 69.0 Å². The lowest BCUT2D eigenvalue weighted by molar-refractivity contribution is -0.121. The summed E-state index contributed by atoms with van der Waals surface area (Å²) in [5.41, 5.74) is 2.35. The van der Waals surface area contributed by atoms with E-state index in [2.05, 4.69) is 58.2 Å². The van der Waals surface area contributed by atoms with Crippen molar-refractivity contribution in [3.8, 4) is 5.75 Å². The molecule has 1 aromatic heterocycles. The second-order valence-electron chi connectivity index (χ2n) is 8.08. The number of hydrogen-bond donors (Lipinski definition) is 1. The van der Waals surface area contributed by atoms with Crippen LogP contribution < -0.4 is 10.1 Å². The number of aromatic nitrogens is 3. The molecule has 6 nitrogen and oxygen atoms in total. The summed E-state index contributed by atoms with van der Waals surface area (Å²) in [6, 6.07) is 18.2. The Morgan fingerprint density at radius 3 is 2.56 bits per heavy atom. The van der Waals surface area contributed by atoms with Gasteiger partial charge in [0.1, 0.15) is 5.75 Å². The van der Waals surface area contributed by atoms with Crippen LogP contribution in [0.4, 0.5) is 0 Å². The Morgan fingerprint density at radius 1 is 1.06 bits per heavy atom. The first-order valence-corrected chi connectivity index (χ1v) is 12.0. The molecule has 1 N–H and O–H groups in total. The second kappa shape index (κ2) is 12.3. The summed E-state index contributed by atoms with van der Waals surface area (Å²) in [5.74, 6) is 3.00. The van der Waals surface area contributed by atoms with Crippen LogP contribution in [-0.4, -0.2) is 33.5 Å². The molecule has 0 fully saturated rings. The molecular formula is C25H32N4O2S. The second-order valence-corrected chi connectivity index (χ2v) is 9.14. The minimum absolute atomic E-state index is 0.00622. The standard InChI is InChI=1S/C25H32N4O2S/c1-19(2)18-29-23(27-28-25(29)32-16-15-20-9-5-4-6-10-20)17-26-24(30)14-13-21-11-7-8-12-22(21)31-3/h4-12,19H,13-18H2,1-3H3,(H,26,30). The number of nitrogens with one attached hydrogen (secondary N) is 1. The van der Waals surface area contributed by atoms with Gasteiger partial charge in [-0.25, -0.2) is 0 Å². The minimum Gasteiger partial charge on any atom is -0.496 e. The fourth-order valence-corrected chi connectivity index (χ4v) is 4.39. The third-order valence-electron chi connectivity index (χ3n) is 5.06. The molecule has 32 heavy (non-hydrogen) atoms. The number of ether oxygens (including phenoxy) is 1. The number of aryl methyl sites for hydroxylation is 2. The SMILES string of the molecule is COc1ccccc1CCC(=O)NCc1nnc(SCCc2ccccc2)n1CC(C)C. The van der Waals surface area contributed by atoms with E-state index in [0.717, 1.165) is 41.0 Å². The van der Waals surface area contributed by atoms with Gasteiger partial charge in [0, 0.05) is 18.7 Å². The Kier molecular flexibility index (Phi) is 9.16. The van der Waals surface area contributed by atoms with Gasteiger partial charge >= 0.3 is 0 Å². The van der Waals surface area contributed by atoms with Crippen LogP contribution in [0.2, 0.25) is 0 Å². The van der Waals surface area contributed by atoms with Gasteiger partial charge in [-0.1, -0.05) is 74.1 Å². The Bertz CT molecular complexity index is 989. The largest absolute Gasteiger partial charge is 0.496 e. The van der Waals surface area contributed by atoms with Crippen molar-refractivity contribution in [2.24, 2.45) is 5.92 Å². The van der Waals surface area contributed by atoms with Gasteiger partial charge in [0.2, 0.25) is 5.91 Å². The molecule has 0 aliphatic heterocycles. The highest BCUT2D eigenvalue weighted by molar-refractivity contribution is 7.99. The Labute approximate surface area is 194 Å². The molecule has 0 atom stereocenters. The predicted molar refractivity (Wildman–Crippen MR) is 129 cm³/mol. The average Bonchev–Trinajstić information content (AvgIpc) is 3.17. The van der Waals surface area contributed by atoms with E-state index in [-0.39, 0.29) is 5.91 Å². The summed E-state index contributed by atoms with van der Waals surface area (Å²) in [7, 11) is 1.65. The van der Waals surface area contributed by atoms with E-state index in [1.165, 1.54) is 5.56 Å². The zero-order valence-electron chi connectivity index (χ0n) is 19.1. The molecule has 0 saturated carbocycles. The fourth-order valence-electron chi connectivity index (χ4n) is 3.43. The van der Waals surface area contributed by atoms with E-state index >= 15 is 0 Å². The van der Waals surface area contributed by atoms with Crippen molar-refractivity contribution in [1.29, 1.82) is 0 Å². The summed E-state index contributed by atoms with van der Waals surface area (Å²) in [6.45, 7) is 5.55. The Hall–Kier alpha value is -2.80. The normalized spacial score (nSPS) is 11.0. The van der Waals surface area contributed by atoms with Crippen LogP contribution in [0.1, 0.15) is 37.2 Å². The fraction of sp³-hybridized carbons (Fsp3) is 0.400. The number of methoxy groups -OCH3 is 1. The molecule has 1 heterocycles. The number of nitrogens with zero attached hydrogens (tertiary/aromatic N) is 3. The van der Waals surface area contributed by atoms with E-state index in [9.17, 15) is 4.79 Å². The zero-order valence-corrected chi connectivity index (χ0v) is 19.9. The molecule has 0 aliphatic carbocycles. The first-order chi connectivity index (χ1) is 15.6. The molecule has 0 radical (unpaired) electrons. The molecule has 0 saturated heterocycles. The summed E-state index contributed by atoms with van der Waals surface area (Å²) < 4.78 is 7.51. The number of para-hydroxylation sites is 1. The van der Waals surface area contributed by atoms with Gasteiger partial charge < -0.3 is 14.6 Å². The van der Waals surface area contributed by atoms with Crippen molar-refractivity contribution in [2.75, 3.05) is 12.9 Å². The van der Waals surface area contributed by atoms with Crippen LogP contribution in [0.3, 0.4) is 0 Å². The summed E-state index contributed by atoms with van der Waals surface area (Å²) >= 11 is 1.71. The summed E-state index contributed by atoms with van der Waals surface area (Å²) in [4.78, 5) is 12.4. The van der Waals surface area contributed by atoms with Crippen molar-refractivity contribution in [1.82, 2.24) is 20.1 Å². The van der Waals surface area contributed by atoms with Crippen molar-refractivity contribution >= 4 is 17.7 Å². The van der Waals surface area contributed by atoms with Gasteiger partial charge in [-0.2, -0.15) is 0 Å². The quantitative estimate of drug-likeness (QED) is 0.409. The maximum Gasteiger partial charge on any atom is 0.220 e. The highest BCUT2D eigenvalue weighted by Crippen LogP contribution is 2.21. The molecular weight excluding hydrogens is 420 g/mol. The molecule has 0 aliphatic rings. The third kappa shape index (κ3) is 7.12. The van der Waals surface area contributed by atoms with Gasteiger partial charge in [0.25, 0.3) is 0 Å². The molecule has 0 bridgehead atoms. The first kappa shape index (κ1) is 23.9. The van der Waals surface area contributed by atoms with Crippen LogP contribution >= 0.6 is 11.8 Å². The van der Waals surface area contributed by atoms with E-state index < -0.39 is 0 Å². The van der Waals surface area contributed by atoms with Crippen molar-refractivity contribution in [2.45, 2.75) is 51.4 Å². The van der Waals surface area contributed by atoms with E-state index in [4.69, 9.17) is 4.74 Å². The smallest absolute Gasteiger partial charge is 0.220 e. The lowest BCUT2D eigenvalue weighted by atomic mass is 10.1. The van der Waals surface area contributed by atoms with Crippen molar-refractivity contribution < 1.29 is 9.53 Å². The lowest BCUT2D eigenvalue weighted by Crippen LogP contribution is -2.25. The molecule has 7 heteroatoms. The number of carbonyl (C=O) groups excluding carboxylic acids is 1. The average molecular weight is 453 g/mol. The number of amides is 1. The molecule has 170 valence electrons. The van der Waals surface area contributed by atoms with Crippen LogP contribution in [-0.2, 0) is 30.7 Å². The maximum absolute atomic E-state index is 12.4. The van der Waals surface area contributed by atoms with Gasteiger partial charge in [0.15, 0.2) is 11.0 Å². The Balaban J connectivity index is 1.54. The third-order valence-corrected chi connectivity index (χ3v) is 6.03. The van der Waals surface area contributed by atoms with E-state index in [1.807, 2.05) is 30.3 Å². The van der Waals surface area contributed by atoms with E-state index in [0.29, 0.717) is 25.3 Å². The van der Waals surface area contributed by atoms with Crippen molar-refractivity contribution in [3.63, 3.8) is 0 Å². The molecule has 1 amide bonds. The van der Waals surface area contributed by atoms with Crippen LogP contribution in [0.25, 0.3) is 0 Å². The number of carbonyl (C=O) groups is 1. The molecule has 3 rings (SSSR count). The molecule has 2 aromatic carbocycles. The van der Waals surface area contributed by atoms with Crippen LogP contribution in [0, 0.1) is 5.92 Å².